The fourth-order valence-corrected chi connectivity index (χ4v) is 2.74. The lowest BCUT2D eigenvalue weighted by atomic mass is 9.78. The van der Waals surface area contributed by atoms with Gasteiger partial charge in [-0.3, -0.25) is 0 Å². The number of allylic oxidation sites excluding steroid dienone is 1. The standard InChI is InChI=1S/C14H19ClN2O/c1-2-6-14(11-18)7-3-8-17(10-14)13-5-4-12(15)9-16-13/h2,4-5,9,18H,1,3,6-8,10-11H2/t14-/m0/s1. The minimum Gasteiger partial charge on any atom is -0.396 e. The van der Waals surface area contributed by atoms with E-state index >= 15 is 0 Å². The van der Waals surface area contributed by atoms with Gasteiger partial charge in [0.25, 0.3) is 0 Å². The van der Waals surface area contributed by atoms with Gasteiger partial charge in [0.2, 0.25) is 0 Å². The molecule has 2 rings (SSSR count). The third kappa shape index (κ3) is 2.85. The molecule has 98 valence electrons. The van der Waals surface area contributed by atoms with Crippen LogP contribution in [-0.2, 0) is 0 Å². The van der Waals surface area contributed by atoms with Gasteiger partial charge in [0, 0.05) is 24.7 Å². The average Bonchev–Trinajstić information content (AvgIpc) is 2.40. The van der Waals surface area contributed by atoms with Crippen LogP contribution in [0.15, 0.2) is 31.0 Å². The Morgan fingerprint density at radius 2 is 2.39 bits per heavy atom. The highest BCUT2D eigenvalue weighted by molar-refractivity contribution is 6.30. The molecule has 4 heteroatoms. The summed E-state index contributed by atoms with van der Waals surface area (Å²) in [5.74, 6) is 0.931. The molecule has 1 aliphatic heterocycles. The van der Waals surface area contributed by atoms with Gasteiger partial charge in [-0.25, -0.2) is 4.98 Å². The molecule has 0 bridgehead atoms. The second kappa shape index (κ2) is 5.72. The Hall–Kier alpha value is -1.06. The maximum absolute atomic E-state index is 9.67. The van der Waals surface area contributed by atoms with Crippen molar-refractivity contribution in [1.82, 2.24) is 4.98 Å². The normalized spacial score (nSPS) is 24.0. The average molecular weight is 267 g/mol. The van der Waals surface area contributed by atoms with Gasteiger partial charge in [-0.1, -0.05) is 17.7 Å². The highest BCUT2D eigenvalue weighted by atomic mass is 35.5. The lowest BCUT2D eigenvalue weighted by Gasteiger charge is -2.42. The molecule has 1 N–H and O–H groups in total. The molecule has 0 unspecified atom stereocenters. The fraction of sp³-hybridized carbons (Fsp3) is 0.500. The Labute approximate surface area is 113 Å². The van der Waals surface area contributed by atoms with E-state index in [-0.39, 0.29) is 12.0 Å². The van der Waals surface area contributed by atoms with E-state index in [9.17, 15) is 5.11 Å². The summed E-state index contributed by atoms with van der Waals surface area (Å²) < 4.78 is 0. The number of aliphatic hydroxyl groups excluding tert-OH is 1. The Balaban J connectivity index is 2.14. The van der Waals surface area contributed by atoms with Gasteiger partial charge in [0.1, 0.15) is 5.82 Å². The molecule has 0 amide bonds. The van der Waals surface area contributed by atoms with Crippen molar-refractivity contribution >= 4 is 17.4 Å². The van der Waals surface area contributed by atoms with E-state index in [0.717, 1.165) is 38.2 Å². The molecule has 18 heavy (non-hydrogen) atoms. The molecule has 0 saturated carbocycles. The van der Waals surface area contributed by atoms with Crippen LogP contribution in [0.4, 0.5) is 5.82 Å². The molecule has 1 aromatic heterocycles. The van der Waals surface area contributed by atoms with Gasteiger partial charge in [0.05, 0.1) is 11.6 Å². The quantitative estimate of drug-likeness (QED) is 0.852. The number of aromatic nitrogens is 1. The maximum Gasteiger partial charge on any atom is 0.128 e. The highest BCUT2D eigenvalue weighted by Crippen LogP contribution is 2.35. The smallest absolute Gasteiger partial charge is 0.128 e. The maximum atomic E-state index is 9.67. The van der Waals surface area contributed by atoms with Gasteiger partial charge in [-0.05, 0) is 31.4 Å². The number of aliphatic hydroxyl groups is 1. The van der Waals surface area contributed by atoms with E-state index in [1.165, 1.54) is 0 Å². The summed E-state index contributed by atoms with van der Waals surface area (Å²) in [5, 5.41) is 10.3. The van der Waals surface area contributed by atoms with Crippen LogP contribution in [0.5, 0.6) is 0 Å². The zero-order chi connectivity index (χ0) is 13.0. The van der Waals surface area contributed by atoms with Crippen LogP contribution in [0, 0.1) is 5.41 Å². The Bertz CT molecular complexity index is 407. The Morgan fingerprint density at radius 1 is 1.56 bits per heavy atom. The van der Waals surface area contributed by atoms with Crippen LogP contribution >= 0.6 is 11.6 Å². The van der Waals surface area contributed by atoms with Crippen molar-refractivity contribution in [1.29, 1.82) is 0 Å². The van der Waals surface area contributed by atoms with Crippen molar-refractivity contribution in [3.8, 4) is 0 Å². The third-order valence-electron chi connectivity index (χ3n) is 3.61. The summed E-state index contributed by atoms with van der Waals surface area (Å²) >= 11 is 5.85. The second-order valence-corrected chi connectivity index (χ2v) is 5.45. The molecule has 0 spiro atoms. The lowest BCUT2D eigenvalue weighted by Crippen LogP contribution is -2.45. The monoisotopic (exact) mass is 266 g/mol. The number of anilines is 1. The number of hydrogen-bond donors (Lipinski definition) is 1. The Morgan fingerprint density at radius 3 is 3.00 bits per heavy atom. The van der Waals surface area contributed by atoms with Crippen LogP contribution in [0.2, 0.25) is 5.02 Å². The molecule has 1 atom stereocenters. The van der Waals surface area contributed by atoms with Crippen molar-refractivity contribution in [2.45, 2.75) is 19.3 Å². The van der Waals surface area contributed by atoms with E-state index in [4.69, 9.17) is 11.6 Å². The van der Waals surface area contributed by atoms with Gasteiger partial charge >= 0.3 is 0 Å². The number of pyridine rings is 1. The van der Waals surface area contributed by atoms with Crippen molar-refractivity contribution in [3.05, 3.63) is 36.0 Å². The minimum absolute atomic E-state index is 0.0681. The van der Waals surface area contributed by atoms with E-state index in [2.05, 4.69) is 16.5 Å². The van der Waals surface area contributed by atoms with Crippen LogP contribution in [0.3, 0.4) is 0 Å². The second-order valence-electron chi connectivity index (χ2n) is 5.01. The van der Waals surface area contributed by atoms with Crippen molar-refractivity contribution < 1.29 is 5.11 Å². The molecular formula is C14H19ClN2O. The fourth-order valence-electron chi connectivity index (χ4n) is 2.62. The number of nitrogens with zero attached hydrogens (tertiary/aromatic N) is 2. The zero-order valence-corrected chi connectivity index (χ0v) is 11.2. The van der Waals surface area contributed by atoms with E-state index in [1.54, 1.807) is 6.20 Å². The number of halogens is 1. The molecular weight excluding hydrogens is 248 g/mol. The SMILES string of the molecule is C=CC[C@]1(CO)CCCN(c2ccc(Cl)cn2)C1. The van der Waals surface area contributed by atoms with Crippen LogP contribution in [0.25, 0.3) is 0 Å². The Kier molecular flexibility index (Phi) is 4.25. The zero-order valence-electron chi connectivity index (χ0n) is 10.5. The van der Waals surface area contributed by atoms with Gasteiger partial charge in [0.15, 0.2) is 0 Å². The molecule has 3 nitrogen and oxygen atoms in total. The van der Waals surface area contributed by atoms with E-state index < -0.39 is 0 Å². The largest absolute Gasteiger partial charge is 0.396 e. The summed E-state index contributed by atoms with van der Waals surface area (Å²) in [6, 6.07) is 3.79. The first-order chi connectivity index (χ1) is 8.69. The van der Waals surface area contributed by atoms with Crippen molar-refractivity contribution in [2.75, 3.05) is 24.6 Å². The minimum atomic E-state index is -0.0681. The molecule has 1 fully saturated rings. The molecule has 2 heterocycles. The van der Waals surface area contributed by atoms with Gasteiger partial charge < -0.3 is 10.0 Å². The molecule has 0 aliphatic carbocycles. The van der Waals surface area contributed by atoms with Crippen LogP contribution in [0.1, 0.15) is 19.3 Å². The molecule has 1 aromatic rings. The predicted molar refractivity (Wildman–Crippen MR) is 75.0 cm³/mol. The molecule has 1 saturated heterocycles. The first-order valence-electron chi connectivity index (χ1n) is 6.27. The number of rotatable bonds is 4. The highest BCUT2D eigenvalue weighted by Gasteiger charge is 2.34. The van der Waals surface area contributed by atoms with Gasteiger partial charge in [-0.15, -0.1) is 6.58 Å². The van der Waals surface area contributed by atoms with Crippen molar-refractivity contribution in [3.63, 3.8) is 0 Å². The third-order valence-corrected chi connectivity index (χ3v) is 3.83. The summed E-state index contributed by atoms with van der Waals surface area (Å²) in [6.07, 6.45) is 6.51. The summed E-state index contributed by atoms with van der Waals surface area (Å²) in [5.41, 5.74) is -0.0681. The van der Waals surface area contributed by atoms with Gasteiger partial charge in [-0.2, -0.15) is 0 Å². The van der Waals surface area contributed by atoms with Crippen molar-refractivity contribution in [2.24, 2.45) is 5.41 Å². The molecule has 0 radical (unpaired) electrons. The summed E-state index contributed by atoms with van der Waals surface area (Å²) in [4.78, 5) is 6.57. The number of hydrogen-bond acceptors (Lipinski definition) is 3. The topological polar surface area (TPSA) is 36.4 Å². The first kappa shape index (κ1) is 13.4. The lowest BCUT2D eigenvalue weighted by molar-refractivity contribution is 0.108. The van der Waals surface area contributed by atoms with E-state index in [1.807, 2.05) is 18.2 Å². The molecule has 1 aliphatic rings. The number of piperidine rings is 1. The summed E-state index contributed by atoms with van der Waals surface area (Å²) in [7, 11) is 0. The van der Waals surface area contributed by atoms with E-state index in [0.29, 0.717) is 5.02 Å². The summed E-state index contributed by atoms with van der Waals surface area (Å²) in [6.45, 7) is 5.80. The first-order valence-corrected chi connectivity index (χ1v) is 6.65. The van der Waals surface area contributed by atoms with Crippen LogP contribution < -0.4 is 4.90 Å². The predicted octanol–water partition coefficient (Wildman–Crippen LogP) is 2.89. The molecule has 0 aromatic carbocycles. The van der Waals surface area contributed by atoms with Crippen LogP contribution in [-0.4, -0.2) is 29.8 Å².